The van der Waals surface area contributed by atoms with Crippen molar-refractivity contribution in [1.82, 2.24) is 14.7 Å². The molecule has 3 rings (SSSR count). The third-order valence-electron chi connectivity index (χ3n) is 3.21. The first kappa shape index (κ1) is 11.4. The Morgan fingerprint density at radius 2 is 2.50 bits per heavy atom. The lowest BCUT2D eigenvalue weighted by Gasteiger charge is -2.37. The summed E-state index contributed by atoms with van der Waals surface area (Å²) in [5.41, 5.74) is 0. The van der Waals surface area contributed by atoms with Gasteiger partial charge in [0.25, 0.3) is 4.96 Å². The van der Waals surface area contributed by atoms with Gasteiger partial charge in [0.15, 0.2) is 0 Å². The maximum Gasteiger partial charge on any atom is 0.373 e. The van der Waals surface area contributed by atoms with Crippen molar-refractivity contribution in [1.29, 1.82) is 0 Å². The molecule has 0 atom stereocenters. The highest BCUT2D eigenvalue weighted by molar-refractivity contribution is 7.15. The summed E-state index contributed by atoms with van der Waals surface area (Å²) in [5, 5.41) is 16.2. The minimum atomic E-state index is -0.350. The molecule has 0 amide bonds. The van der Waals surface area contributed by atoms with E-state index < -0.39 is 0 Å². The molecule has 1 aliphatic heterocycles. The largest absolute Gasteiger partial charge is 0.373 e. The number of fused-ring (bicyclic) bond motifs is 1. The highest BCUT2D eigenvalue weighted by Gasteiger charge is 2.33. The summed E-state index contributed by atoms with van der Waals surface area (Å²) in [5.74, 6) is 0.556. The smallest absolute Gasteiger partial charge is 0.358 e. The first-order valence-corrected chi connectivity index (χ1v) is 6.67. The van der Waals surface area contributed by atoms with Crippen LogP contribution in [0.3, 0.4) is 0 Å². The number of nitro groups is 1. The highest BCUT2D eigenvalue weighted by Crippen LogP contribution is 2.32. The van der Waals surface area contributed by atoms with Crippen molar-refractivity contribution in [3.8, 4) is 0 Å². The van der Waals surface area contributed by atoms with Crippen molar-refractivity contribution in [2.75, 3.05) is 24.5 Å². The topological polar surface area (TPSA) is 75.7 Å². The zero-order chi connectivity index (χ0) is 12.7. The van der Waals surface area contributed by atoms with E-state index in [0.717, 1.165) is 19.6 Å². The summed E-state index contributed by atoms with van der Waals surface area (Å²) in [4.78, 5) is 18.0. The van der Waals surface area contributed by atoms with Gasteiger partial charge >= 0.3 is 5.82 Å². The van der Waals surface area contributed by atoms with Gasteiger partial charge in [-0.25, -0.2) is 0 Å². The van der Waals surface area contributed by atoms with Crippen LogP contribution in [0.2, 0.25) is 0 Å². The minimum Gasteiger partial charge on any atom is -0.358 e. The molecular formula is C10H13N5O2S. The second-order valence-electron chi connectivity index (χ2n) is 4.17. The van der Waals surface area contributed by atoms with Gasteiger partial charge in [0.1, 0.15) is 6.20 Å². The summed E-state index contributed by atoms with van der Waals surface area (Å²) in [6, 6.07) is 0.304. The van der Waals surface area contributed by atoms with Crippen LogP contribution >= 0.6 is 11.3 Å². The molecule has 3 heterocycles. The van der Waals surface area contributed by atoms with E-state index in [-0.39, 0.29) is 10.7 Å². The van der Waals surface area contributed by atoms with E-state index >= 15 is 0 Å². The van der Waals surface area contributed by atoms with Crippen molar-refractivity contribution in [2.24, 2.45) is 0 Å². The first-order chi connectivity index (χ1) is 8.72. The molecule has 18 heavy (non-hydrogen) atoms. The highest BCUT2D eigenvalue weighted by atomic mass is 32.1. The lowest BCUT2D eigenvalue weighted by Crippen LogP contribution is -2.57. The van der Waals surface area contributed by atoms with Gasteiger partial charge in [0.05, 0.1) is 6.04 Å². The molecule has 0 aliphatic carbocycles. The van der Waals surface area contributed by atoms with Crippen LogP contribution in [0, 0.1) is 10.1 Å². The molecule has 0 unspecified atom stereocenters. The Kier molecular flexibility index (Phi) is 2.67. The molecule has 2 aromatic heterocycles. The maximum atomic E-state index is 11.3. The first-order valence-electron chi connectivity index (χ1n) is 5.79. The van der Waals surface area contributed by atoms with E-state index in [9.17, 15) is 10.1 Å². The van der Waals surface area contributed by atoms with E-state index in [0.29, 0.717) is 16.8 Å². The number of hydrogen-bond donors (Lipinski definition) is 1. The molecule has 0 bridgehead atoms. The van der Waals surface area contributed by atoms with Crippen LogP contribution in [0.4, 0.5) is 11.6 Å². The monoisotopic (exact) mass is 267 g/mol. The normalized spacial score (nSPS) is 15.8. The molecule has 0 saturated carbocycles. The minimum absolute atomic E-state index is 0.0694. The maximum absolute atomic E-state index is 11.3. The van der Waals surface area contributed by atoms with Gasteiger partial charge in [-0.15, -0.1) is 0 Å². The van der Waals surface area contributed by atoms with Crippen LogP contribution in [-0.2, 0) is 0 Å². The third-order valence-corrected chi connectivity index (χ3v) is 3.96. The Hall–Kier alpha value is -1.67. The number of likely N-dealkylation sites (N-methyl/N-ethyl adjacent to an activating group) is 1. The Labute approximate surface area is 107 Å². The van der Waals surface area contributed by atoms with Crippen LogP contribution in [-0.4, -0.2) is 40.0 Å². The molecule has 96 valence electrons. The van der Waals surface area contributed by atoms with Gasteiger partial charge in [0.2, 0.25) is 5.82 Å². The summed E-state index contributed by atoms with van der Waals surface area (Å²) in [6.07, 6.45) is 1.70. The van der Waals surface area contributed by atoms with Gasteiger partial charge in [-0.2, -0.15) is 9.38 Å². The lowest BCUT2D eigenvalue weighted by atomic mass is 10.1. The van der Waals surface area contributed by atoms with Crippen molar-refractivity contribution >= 4 is 27.9 Å². The fourth-order valence-corrected chi connectivity index (χ4v) is 2.90. The Morgan fingerprint density at radius 1 is 1.72 bits per heavy atom. The van der Waals surface area contributed by atoms with E-state index in [1.165, 1.54) is 11.3 Å². The molecular weight excluding hydrogens is 254 g/mol. The molecule has 0 aromatic carbocycles. The molecule has 2 aromatic rings. The van der Waals surface area contributed by atoms with Gasteiger partial charge in [-0.1, -0.05) is 11.3 Å². The molecule has 8 heteroatoms. The average molecular weight is 267 g/mol. The van der Waals surface area contributed by atoms with Crippen LogP contribution in [0.15, 0.2) is 11.6 Å². The number of nitrogens with zero attached hydrogens (tertiary/aromatic N) is 4. The van der Waals surface area contributed by atoms with Crippen LogP contribution < -0.4 is 10.2 Å². The number of rotatable bonds is 4. The van der Waals surface area contributed by atoms with E-state index in [2.05, 4.69) is 10.3 Å². The fourth-order valence-electron chi connectivity index (χ4n) is 2.20. The number of nitrogens with one attached hydrogen (secondary N) is 1. The van der Waals surface area contributed by atoms with Crippen molar-refractivity contribution in [3.05, 3.63) is 21.7 Å². The van der Waals surface area contributed by atoms with Crippen molar-refractivity contribution in [3.63, 3.8) is 0 Å². The Balaban J connectivity index is 2.11. The van der Waals surface area contributed by atoms with Crippen LogP contribution in [0.5, 0.6) is 0 Å². The average Bonchev–Trinajstić information content (AvgIpc) is 2.80. The quantitative estimate of drug-likeness (QED) is 0.663. The van der Waals surface area contributed by atoms with Gasteiger partial charge in [-0.3, -0.25) is 0 Å². The molecule has 1 aliphatic rings. The zero-order valence-corrected chi connectivity index (χ0v) is 10.7. The van der Waals surface area contributed by atoms with E-state index in [4.69, 9.17) is 0 Å². The SMILES string of the molecule is CCN(c1nc2sccn2c1[N+](=O)[O-])C1CNC1. The summed E-state index contributed by atoms with van der Waals surface area (Å²) >= 11 is 1.41. The molecule has 0 spiro atoms. The van der Waals surface area contributed by atoms with Crippen molar-refractivity contribution in [2.45, 2.75) is 13.0 Å². The number of imidazole rings is 1. The zero-order valence-electron chi connectivity index (χ0n) is 9.87. The number of thiazole rings is 1. The predicted octanol–water partition coefficient (Wildman–Crippen LogP) is 1.10. The van der Waals surface area contributed by atoms with E-state index in [1.807, 2.05) is 11.8 Å². The fraction of sp³-hybridized carbons (Fsp3) is 0.500. The standard InChI is InChI=1S/C10H13N5O2S/c1-2-13(7-5-11-6-7)8-9(15(16)17)14-3-4-18-10(14)12-8/h3-4,7,11H,2,5-6H2,1H3. The molecule has 1 saturated heterocycles. The van der Waals surface area contributed by atoms with Gasteiger partial charge in [0, 0.05) is 25.0 Å². The molecule has 0 radical (unpaired) electrons. The molecule has 1 fully saturated rings. The Bertz CT molecular complexity index is 588. The summed E-state index contributed by atoms with van der Waals surface area (Å²) in [7, 11) is 0. The van der Waals surface area contributed by atoms with Gasteiger partial charge in [-0.05, 0) is 11.8 Å². The number of hydrogen-bond acceptors (Lipinski definition) is 6. The van der Waals surface area contributed by atoms with E-state index in [1.54, 1.807) is 16.0 Å². The van der Waals surface area contributed by atoms with Crippen molar-refractivity contribution < 1.29 is 4.92 Å². The summed E-state index contributed by atoms with van der Waals surface area (Å²) in [6.45, 7) is 4.43. The van der Waals surface area contributed by atoms with Gasteiger partial charge < -0.3 is 20.3 Å². The second-order valence-corrected chi connectivity index (χ2v) is 5.04. The molecule has 1 N–H and O–H groups in total. The third kappa shape index (κ3) is 1.57. The van der Waals surface area contributed by atoms with Crippen LogP contribution in [0.1, 0.15) is 6.92 Å². The number of aromatic nitrogens is 2. The lowest BCUT2D eigenvalue weighted by molar-refractivity contribution is -0.389. The predicted molar refractivity (Wildman–Crippen MR) is 69.4 cm³/mol. The summed E-state index contributed by atoms with van der Waals surface area (Å²) < 4.78 is 1.55. The second kappa shape index (κ2) is 4.21. The molecule has 7 nitrogen and oxygen atoms in total. The van der Waals surface area contributed by atoms with Crippen LogP contribution in [0.25, 0.3) is 4.96 Å². The Morgan fingerprint density at radius 3 is 3.06 bits per heavy atom. The number of anilines is 1.